The van der Waals surface area contributed by atoms with Crippen LogP contribution in [-0.2, 0) is 10.0 Å². The van der Waals surface area contributed by atoms with Gasteiger partial charge >= 0.3 is 0 Å². The first-order valence-electron chi connectivity index (χ1n) is 4.40. The first-order valence-corrected chi connectivity index (χ1v) is 5.89. The van der Waals surface area contributed by atoms with Crippen LogP contribution in [-0.4, -0.2) is 14.0 Å². The molecule has 0 unspecified atom stereocenters. The second-order valence-corrected chi connectivity index (χ2v) is 5.85. The van der Waals surface area contributed by atoms with Gasteiger partial charge in [-0.3, -0.25) is 0 Å². The van der Waals surface area contributed by atoms with Crippen molar-refractivity contribution in [2.24, 2.45) is 0 Å². The number of sulfonamides is 1. The second-order valence-electron chi connectivity index (χ2n) is 4.17. The maximum Gasteiger partial charge on any atom is 0.241 e. The zero-order chi connectivity index (χ0) is 10.8. The van der Waals surface area contributed by atoms with Gasteiger partial charge in [0.15, 0.2) is 0 Å². The highest BCUT2D eigenvalue weighted by molar-refractivity contribution is 7.89. The maximum atomic E-state index is 11.7. The SMILES string of the molecule is CC(C)(C)NS(=O)(=O)c1ccccc1.[HH]. The van der Waals surface area contributed by atoms with Gasteiger partial charge in [-0.25, -0.2) is 13.1 Å². The first-order chi connectivity index (χ1) is 6.31. The molecule has 0 bridgehead atoms. The molecule has 0 aliphatic heterocycles. The average Bonchev–Trinajstić information content (AvgIpc) is 2.01. The van der Waals surface area contributed by atoms with E-state index in [0.29, 0.717) is 4.90 Å². The molecule has 3 nitrogen and oxygen atoms in total. The lowest BCUT2D eigenvalue weighted by Crippen LogP contribution is -2.40. The molecule has 80 valence electrons. The zero-order valence-electron chi connectivity index (χ0n) is 8.61. The topological polar surface area (TPSA) is 46.2 Å². The smallest absolute Gasteiger partial charge is 0.207 e. The lowest BCUT2D eigenvalue weighted by Gasteiger charge is -2.20. The van der Waals surface area contributed by atoms with Gasteiger partial charge < -0.3 is 0 Å². The summed E-state index contributed by atoms with van der Waals surface area (Å²) in [6, 6.07) is 8.35. The summed E-state index contributed by atoms with van der Waals surface area (Å²) in [5, 5.41) is 0. The van der Waals surface area contributed by atoms with Crippen molar-refractivity contribution < 1.29 is 9.84 Å². The summed E-state index contributed by atoms with van der Waals surface area (Å²) in [5.74, 6) is 0. The zero-order valence-corrected chi connectivity index (χ0v) is 9.43. The first kappa shape index (κ1) is 11.2. The molecule has 0 saturated heterocycles. The van der Waals surface area contributed by atoms with E-state index in [0.717, 1.165) is 0 Å². The molecular formula is C10H17NO2S. The molecule has 0 spiro atoms. The van der Waals surface area contributed by atoms with Crippen LogP contribution in [0, 0.1) is 0 Å². The highest BCUT2D eigenvalue weighted by Gasteiger charge is 2.21. The number of nitrogens with one attached hydrogen (secondary N) is 1. The third kappa shape index (κ3) is 3.12. The lowest BCUT2D eigenvalue weighted by atomic mass is 10.1. The molecule has 1 aromatic rings. The van der Waals surface area contributed by atoms with E-state index in [-0.39, 0.29) is 1.43 Å². The molecule has 0 aromatic heterocycles. The highest BCUT2D eigenvalue weighted by atomic mass is 32.2. The van der Waals surface area contributed by atoms with Crippen molar-refractivity contribution in [1.82, 2.24) is 4.72 Å². The predicted molar refractivity (Wildman–Crippen MR) is 58.6 cm³/mol. The molecule has 0 heterocycles. The van der Waals surface area contributed by atoms with Gasteiger partial charge in [-0.2, -0.15) is 0 Å². The Hall–Kier alpha value is -0.870. The molecule has 1 rings (SSSR count). The third-order valence-corrected chi connectivity index (χ3v) is 3.27. The number of hydrogen-bond donors (Lipinski definition) is 1. The molecular weight excluding hydrogens is 198 g/mol. The Balaban J connectivity index is 0.00000196. The van der Waals surface area contributed by atoms with Crippen molar-refractivity contribution >= 4 is 10.0 Å². The molecule has 1 aromatic carbocycles. The van der Waals surface area contributed by atoms with Gasteiger partial charge in [-0.15, -0.1) is 0 Å². The van der Waals surface area contributed by atoms with Gasteiger partial charge in [-0.1, -0.05) is 18.2 Å². The van der Waals surface area contributed by atoms with Crippen LogP contribution < -0.4 is 4.72 Å². The third-order valence-electron chi connectivity index (χ3n) is 1.49. The molecule has 0 radical (unpaired) electrons. The van der Waals surface area contributed by atoms with Crippen LogP contribution in [0.4, 0.5) is 0 Å². The fourth-order valence-electron chi connectivity index (χ4n) is 1.06. The van der Waals surface area contributed by atoms with E-state index in [1.165, 1.54) is 0 Å². The van der Waals surface area contributed by atoms with Crippen LogP contribution in [0.5, 0.6) is 0 Å². The molecule has 14 heavy (non-hydrogen) atoms. The normalized spacial score (nSPS) is 12.8. The van der Waals surface area contributed by atoms with Crippen molar-refractivity contribution in [3.63, 3.8) is 0 Å². The van der Waals surface area contributed by atoms with Crippen LogP contribution in [0.15, 0.2) is 35.2 Å². The number of rotatable bonds is 2. The number of hydrogen-bond acceptors (Lipinski definition) is 2. The molecule has 0 fully saturated rings. The average molecular weight is 215 g/mol. The Bertz CT molecular complexity index is 395. The standard InChI is InChI=1S/C10H15NO2S.H2/c1-10(2,3)11-14(12,13)9-7-5-4-6-8-9;/h4-8,11H,1-3H3;1H. The highest BCUT2D eigenvalue weighted by Crippen LogP contribution is 2.11. The fourth-order valence-corrected chi connectivity index (χ4v) is 2.50. The maximum absolute atomic E-state index is 11.7. The van der Waals surface area contributed by atoms with Crippen molar-refractivity contribution in [2.75, 3.05) is 0 Å². The molecule has 4 heteroatoms. The fraction of sp³-hybridized carbons (Fsp3) is 0.400. The molecule has 0 amide bonds. The van der Waals surface area contributed by atoms with Gasteiger partial charge in [-0.05, 0) is 32.9 Å². The van der Waals surface area contributed by atoms with Crippen LogP contribution in [0.3, 0.4) is 0 Å². The molecule has 0 saturated carbocycles. The van der Waals surface area contributed by atoms with E-state index in [4.69, 9.17) is 0 Å². The van der Waals surface area contributed by atoms with Gasteiger partial charge in [0.1, 0.15) is 0 Å². The summed E-state index contributed by atoms with van der Waals surface area (Å²) in [5.41, 5.74) is -0.450. The van der Waals surface area contributed by atoms with Crippen LogP contribution in [0.2, 0.25) is 0 Å². The monoisotopic (exact) mass is 215 g/mol. The van der Waals surface area contributed by atoms with Gasteiger partial charge in [0.05, 0.1) is 4.90 Å². The van der Waals surface area contributed by atoms with Crippen LogP contribution >= 0.6 is 0 Å². The van der Waals surface area contributed by atoms with Crippen LogP contribution in [0.25, 0.3) is 0 Å². The lowest BCUT2D eigenvalue weighted by molar-refractivity contribution is 0.491. The van der Waals surface area contributed by atoms with Crippen molar-refractivity contribution in [2.45, 2.75) is 31.2 Å². The van der Waals surface area contributed by atoms with Crippen LogP contribution in [0.1, 0.15) is 22.2 Å². The number of benzene rings is 1. The van der Waals surface area contributed by atoms with E-state index in [1.807, 2.05) is 20.8 Å². The Morgan fingerprint density at radius 3 is 2.07 bits per heavy atom. The Morgan fingerprint density at radius 2 is 1.64 bits per heavy atom. The molecule has 1 N–H and O–H groups in total. The van der Waals surface area contributed by atoms with E-state index in [9.17, 15) is 8.42 Å². The molecule has 0 aliphatic carbocycles. The molecule has 0 atom stereocenters. The van der Waals surface area contributed by atoms with E-state index in [2.05, 4.69) is 4.72 Å². The molecule has 0 aliphatic rings. The minimum Gasteiger partial charge on any atom is -0.207 e. The summed E-state index contributed by atoms with van der Waals surface area (Å²) in [7, 11) is -3.37. The summed E-state index contributed by atoms with van der Waals surface area (Å²) in [6.07, 6.45) is 0. The largest absolute Gasteiger partial charge is 0.241 e. The van der Waals surface area contributed by atoms with E-state index >= 15 is 0 Å². The Kier molecular flexibility index (Phi) is 2.97. The quantitative estimate of drug-likeness (QED) is 0.820. The van der Waals surface area contributed by atoms with E-state index < -0.39 is 15.6 Å². The summed E-state index contributed by atoms with van der Waals surface area (Å²) < 4.78 is 26.1. The minimum atomic E-state index is -3.37. The van der Waals surface area contributed by atoms with Gasteiger partial charge in [0, 0.05) is 6.97 Å². The second kappa shape index (κ2) is 3.71. The van der Waals surface area contributed by atoms with Crippen molar-refractivity contribution in [3.8, 4) is 0 Å². The Morgan fingerprint density at radius 1 is 1.14 bits per heavy atom. The van der Waals surface area contributed by atoms with Gasteiger partial charge in [0.2, 0.25) is 10.0 Å². The summed E-state index contributed by atoms with van der Waals surface area (Å²) >= 11 is 0. The predicted octanol–water partition coefficient (Wildman–Crippen LogP) is 2.01. The summed E-state index contributed by atoms with van der Waals surface area (Å²) in [4.78, 5) is 0.301. The Labute approximate surface area is 86.7 Å². The van der Waals surface area contributed by atoms with Crippen molar-refractivity contribution in [1.29, 1.82) is 0 Å². The van der Waals surface area contributed by atoms with E-state index in [1.54, 1.807) is 30.3 Å². The van der Waals surface area contributed by atoms with Crippen molar-refractivity contribution in [3.05, 3.63) is 30.3 Å². The summed E-state index contributed by atoms with van der Waals surface area (Å²) in [6.45, 7) is 5.44. The van der Waals surface area contributed by atoms with Gasteiger partial charge in [0.25, 0.3) is 0 Å². The minimum absolute atomic E-state index is 0.